The Balaban J connectivity index is 1.33. The molecule has 13 nitrogen and oxygen atoms in total. The minimum atomic E-state index is -3.18. The van der Waals surface area contributed by atoms with Gasteiger partial charge in [-0.15, -0.1) is 0 Å². The Kier molecular flexibility index (Phi) is 9.10. The summed E-state index contributed by atoms with van der Waals surface area (Å²) in [4.78, 5) is 56.5. The molecule has 4 aliphatic rings. The number of nitrogens with zero attached hydrogens (tertiary/aromatic N) is 3. The molecule has 2 N–H and O–H groups in total. The van der Waals surface area contributed by atoms with Gasteiger partial charge in [0.2, 0.25) is 0 Å². The Bertz CT molecular complexity index is 1400. The Hall–Kier alpha value is -4.14. The molecule has 0 radical (unpaired) electrons. The van der Waals surface area contributed by atoms with Crippen molar-refractivity contribution >= 4 is 29.5 Å². The van der Waals surface area contributed by atoms with Crippen molar-refractivity contribution in [2.24, 2.45) is 0 Å². The van der Waals surface area contributed by atoms with E-state index in [2.05, 4.69) is 5.32 Å². The van der Waals surface area contributed by atoms with Crippen LogP contribution in [-0.2, 0) is 23.8 Å². The number of benzene rings is 1. The molecule has 3 aliphatic heterocycles. The lowest BCUT2D eigenvalue weighted by molar-refractivity contribution is -0.194. The average Bonchev–Trinajstić information content (AvgIpc) is 3.68. The molecule has 1 aromatic carbocycles. The highest BCUT2D eigenvalue weighted by Gasteiger charge is 2.58. The van der Waals surface area contributed by atoms with Crippen molar-refractivity contribution in [3.63, 3.8) is 0 Å². The van der Waals surface area contributed by atoms with E-state index in [1.807, 2.05) is 13.8 Å². The highest BCUT2D eigenvalue weighted by molar-refractivity contribution is 6.06. The summed E-state index contributed by atoms with van der Waals surface area (Å²) in [6, 6.07) is 2.69. The monoisotopic (exact) mass is 636 g/mol. The number of aryl methyl sites for hydroxylation is 1. The first-order chi connectivity index (χ1) is 21.3. The van der Waals surface area contributed by atoms with E-state index in [1.165, 1.54) is 9.80 Å². The van der Waals surface area contributed by atoms with E-state index in [0.29, 0.717) is 60.6 Å². The molecular weight excluding hydrogens is 598 g/mol. The van der Waals surface area contributed by atoms with E-state index >= 15 is 0 Å². The van der Waals surface area contributed by atoms with Gasteiger partial charge < -0.3 is 44.1 Å². The number of likely N-dealkylation sites (tertiary alicyclic amines) is 1. The quantitative estimate of drug-likeness (QED) is 0.418. The maximum absolute atomic E-state index is 14.2. The normalized spacial score (nSPS) is 21.8. The van der Waals surface area contributed by atoms with Crippen molar-refractivity contribution in [1.29, 1.82) is 0 Å². The summed E-state index contributed by atoms with van der Waals surface area (Å²) in [6.07, 6.45) is -1.48. The van der Waals surface area contributed by atoms with Crippen LogP contribution < -0.4 is 15.0 Å². The number of aliphatic hydroxyl groups is 1. The molecule has 4 amide bonds. The minimum Gasteiger partial charge on any atom is -0.475 e. The number of halogens is 2. The fraction of sp³-hybridized carbons (Fsp3) is 0.600. The number of nitrogens with one attached hydrogen (secondary N) is 1. The van der Waals surface area contributed by atoms with Crippen molar-refractivity contribution in [2.75, 3.05) is 37.7 Å². The van der Waals surface area contributed by atoms with E-state index in [9.17, 15) is 33.1 Å². The first kappa shape index (κ1) is 32.3. The van der Waals surface area contributed by atoms with E-state index in [1.54, 1.807) is 30.9 Å². The highest BCUT2D eigenvalue weighted by Crippen LogP contribution is 2.50. The molecule has 2 fully saturated rings. The van der Waals surface area contributed by atoms with E-state index in [-0.39, 0.29) is 55.9 Å². The average molecular weight is 637 g/mol. The lowest BCUT2D eigenvalue weighted by atomic mass is 9.98. The topological polar surface area (TPSA) is 147 Å². The van der Waals surface area contributed by atoms with Gasteiger partial charge in [-0.3, -0.25) is 14.4 Å². The van der Waals surface area contributed by atoms with Gasteiger partial charge in [0, 0.05) is 50.6 Å². The number of rotatable bonds is 9. The number of carbonyl (C=O) groups excluding carboxylic acids is 4. The SMILES string of the molecule is CC1=C(COC(=O)N2CCC[C@@H](N(C(=O)c3cc4c(cc3C)OC3(CC3)C(=O)N4CCNC(=O)C(F)F)C(C)C)C2)OC(O)O1. The molecule has 2 atom stereocenters. The number of hydrogen-bond acceptors (Lipinski definition) is 9. The summed E-state index contributed by atoms with van der Waals surface area (Å²) in [5, 5.41) is 11.6. The predicted octanol–water partition coefficient (Wildman–Crippen LogP) is 2.64. The number of alkyl halides is 2. The van der Waals surface area contributed by atoms with Gasteiger partial charge in [0.05, 0.1) is 11.7 Å². The summed E-state index contributed by atoms with van der Waals surface area (Å²) >= 11 is 0. The number of allylic oxidation sites excluding steroid dienone is 1. The van der Waals surface area contributed by atoms with Gasteiger partial charge in [0.1, 0.15) is 11.5 Å². The number of anilines is 1. The first-order valence-electron chi connectivity index (χ1n) is 15.0. The number of ether oxygens (including phenoxy) is 4. The van der Waals surface area contributed by atoms with E-state index < -0.39 is 30.5 Å². The standard InChI is InChI=1S/C30H38F2N4O9/c1-16(2)36(19-6-5-10-34(14-19)28(40)42-15-23-18(4)43-29(41)44-23)26(38)20-13-21-22(12-17(20)3)45-30(7-8-30)27(39)35(21)11-9-33-25(37)24(31)32/h12-13,16,19,24,29,41H,5-11,14-15H2,1-4H3,(H,33,37)/t19-,29?/m1/s1. The van der Waals surface area contributed by atoms with Gasteiger partial charge in [0.25, 0.3) is 17.7 Å². The Morgan fingerprint density at radius 1 is 1.20 bits per heavy atom. The maximum Gasteiger partial charge on any atom is 0.410 e. The minimum absolute atomic E-state index is 0.0771. The Morgan fingerprint density at radius 2 is 1.93 bits per heavy atom. The molecule has 1 unspecified atom stereocenters. The van der Waals surface area contributed by atoms with Gasteiger partial charge >= 0.3 is 19.0 Å². The molecule has 1 spiro atoms. The van der Waals surface area contributed by atoms with Crippen molar-refractivity contribution in [2.45, 2.75) is 84.0 Å². The van der Waals surface area contributed by atoms with Crippen LogP contribution in [0, 0.1) is 6.92 Å². The smallest absolute Gasteiger partial charge is 0.410 e. The lowest BCUT2D eigenvalue weighted by Gasteiger charge is -2.41. The third kappa shape index (κ3) is 6.63. The zero-order chi connectivity index (χ0) is 32.6. The summed E-state index contributed by atoms with van der Waals surface area (Å²) in [5.74, 6) is -1.14. The van der Waals surface area contributed by atoms with Crippen LogP contribution in [0.25, 0.3) is 0 Å². The highest BCUT2D eigenvalue weighted by atomic mass is 19.3. The number of piperidine rings is 1. The molecule has 5 rings (SSSR count). The number of amides is 4. The molecule has 0 bridgehead atoms. The van der Waals surface area contributed by atoms with Gasteiger partial charge in [-0.05, 0) is 58.2 Å². The first-order valence-corrected chi connectivity index (χ1v) is 15.0. The van der Waals surface area contributed by atoms with Crippen molar-refractivity contribution in [3.05, 3.63) is 34.8 Å². The second-order valence-electron chi connectivity index (χ2n) is 11.9. The van der Waals surface area contributed by atoms with Crippen molar-refractivity contribution < 1.29 is 52.0 Å². The van der Waals surface area contributed by atoms with Gasteiger partial charge in [-0.1, -0.05) is 0 Å². The van der Waals surface area contributed by atoms with Crippen LogP contribution in [0.3, 0.4) is 0 Å². The van der Waals surface area contributed by atoms with Crippen molar-refractivity contribution in [3.8, 4) is 5.75 Å². The second kappa shape index (κ2) is 12.7. The van der Waals surface area contributed by atoms with Crippen molar-refractivity contribution in [1.82, 2.24) is 15.1 Å². The third-order valence-electron chi connectivity index (χ3n) is 8.38. The predicted molar refractivity (Wildman–Crippen MR) is 153 cm³/mol. The fourth-order valence-electron chi connectivity index (χ4n) is 5.93. The van der Waals surface area contributed by atoms with E-state index in [0.717, 1.165) is 0 Å². The van der Waals surface area contributed by atoms with Crippen LogP contribution >= 0.6 is 0 Å². The summed E-state index contributed by atoms with van der Waals surface area (Å²) in [5.41, 5.74) is 0.250. The van der Waals surface area contributed by atoms with Gasteiger partial charge in [-0.2, -0.15) is 8.78 Å². The van der Waals surface area contributed by atoms with E-state index in [4.69, 9.17) is 18.9 Å². The number of aliphatic hydroxyl groups excluding tert-OH is 1. The molecule has 1 aromatic rings. The zero-order valence-corrected chi connectivity index (χ0v) is 25.6. The van der Waals surface area contributed by atoms with Gasteiger partial charge in [-0.25, -0.2) is 4.79 Å². The summed E-state index contributed by atoms with van der Waals surface area (Å²) < 4.78 is 47.0. The van der Waals surface area contributed by atoms with Crippen LogP contribution in [0.4, 0.5) is 19.3 Å². The van der Waals surface area contributed by atoms with Gasteiger partial charge in [0.15, 0.2) is 18.0 Å². The van der Waals surface area contributed by atoms with Crippen LogP contribution in [-0.4, -0.2) is 102 Å². The third-order valence-corrected chi connectivity index (χ3v) is 8.38. The zero-order valence-electron chi connectivity index (χ0n) is 25.6. The lowest BCUT2D eigenvalue weighted by Crippen LogP contribution is -2.54. The number of fused-ring (bicyclic) bond motifs is 1. The van der Waals surface area contributed by atoms with Crippen LogP contribution in [0.1, 0.15) is 62.4 Å². The largest absolute Gasteiger partial charge is 0.475 e. The van der Waals surface area contributed by atoms with Crippen LogP contribution in [0.5, 0.6) is 5.75 Å². The molecule has 1 saturated heterocycles. The van der Waals surface area contributed by atoms with Crippen LogP contribution in [0.2, 0.25) is 0 Å². The summed E-state index contributed by atoms with van der Waals surface area (Å²) in [6.45, 7) is 5.84. The molecule has 45 heavy (non-hydrogen) atoms. The Morgan fingerprint density at radius 3 is 2.56 bits per heavy atom. The Labute approximate surface area is 259 Å². The second-order valence-corrected chi connectivity index (χ2v) is 11.9. The van der Waals surface area contributed by atoms with Crippen LogP contribution in [0.15, 0.2) is 23.7 Å². The fourth-order valence-corrected chi connectivity index (χ4v) is 5.93. The molecular formula is C30H38F2N4O9. The summed E-state index contributed by atoms with van der Waals surface area (Å²) in [7, 11) is 0. The number of carbonyl (C=O) groups is 4. The maximum atomic E-state index is 14.2. The molecule has 1 aliphatic carbocycles. The molecule has 1 saturated carbocycles. The molecule has 246 valence electrons. The molecule has 3 heterocycles. The number of hydrogen-bond donors (Lipinski definition) is 2. The molecule has 0 aromatic heterocycles. The molecule has 15 heteroatoms.